The van der Waals surface area contributed by atoms with Crippen LogP contribution in [0.4, 0.5) is 0 Å². The number of rotatable bonds is 6. The van der Waals surface area contributed by atoms with Gasteiger partial charge in [0.1, 0.15) is 6.04 Å². The number of carboxylic acids is 1. The Morgan fingerprint density at radius 1 is 1.43 bits per heavy atom. The fraction of sp³-hybridized carbons (Fsp3) is 0.800. The second-order valence-electron chi connectivity index (χ2n) is 2.64. The predicted molar refractivity (Wildman–Crippen MR) is 57.3 cm³/mol. The summed E-state index contributed by atoms with van der Waals surface area (Å²) in [4.78, 5) is 27.7. The zero-order chi connectivity index (χ0) is 11.4. The Morgan fingerprint density at radius 3 is 2.21 bits per heavy atom. The lowest BCUT2D eigenvalue weighted by molar-refractivity contribution is -0.140. The Labute approximate surface area is 98.1 Å². The molecule has 0 aliphatic heterocycles. The second kappa shape index (κ2) is 6.19. The van der Waals surface area contributed by atoms with E-state index in [1.165, 1.54) is 0 Å². The van der Waals surface area contributed by atoms with Gasteiger partial charge in [-0.25, -0.2) is 0 Å². The van der Waals surface area contributed by atoms with Crippen molar-refractivity contribution >= 4 is 45.9 Å². The van der Waals surface area contributed by atoms with E-state index in [1.54, 1.807) is 0 Å². The van der Waals surface area contributed by atoms with E-state index in [0.717, 1.165) is 2.95 Å². The maximum atomic E-state index is 10.6. The zero-order valence-electron chi connectivity index (χ0n) is 7.01. The van der Waals surface area contributed by atoms with Crippen molar-refractivity contribution in [1.29, 1.82) is 0 Å². The van der Waals surface area contributed by atoms with Gasteiger partial charge in [-0.1, -0.05) is 0 Å². The highest BCUT2D eigenvalue weighted by atomic mass is 79.9. The van der Waals surface area contributed by atoms with Crippen LogP contribution in [0.2, 0.25) is 0 Å². The van der Waals surface area contributed by atoms with Crippen LogP contribution in [0, 0.1) is 0 Å². The first kappa shape index (κ1) is 14.5. The molecule has 0 aromatic carbocycles. The van der Waals surface area contributed by atoms with Crippen LogP contribution in [0.25, 0.3) is 0 Å². The molecule has 6 nitrogen and oxygen atoms in total. The van der Waals surface area contributed by atoms with Crippen molar-refractivity contribution < 1.29 is 24.3 Å². The number of nitrogens with zero attached hydrogens (tertiary/aromatic N) is 1. The standard InChI is InChI=1S/C5H10Br2NO5P/c6-8(7)4(5(9)10)2-1-3-14(11,12)13/h4H,1-3H2,(H,9,10)(H2,11,12,13). The van der Waals surface area contributed by atoms with Crippen molar-refractivity contribution in [3.63, 3.8) is 0 Å². The van der Waals surface area contributed by atoms with Gasteiger partial charge in [-0.05, 0) is 12.8 Å². The number of aliphatic carboxylic acids is 1. The molecule has 0 saturated heterocycles. The molecule has 0 aromatic heterocycles. The number of hydrogen-bond acceptors (Lipinski definition) is 3. The lowest BCUT2D eigenvalue weighted by Gasteiger charge is -2.15. The largest absolute Gasteiger partial charge is 0.480 e. The third-order valence-corrected chi connectivity index (χ3v) is 3.34. The van der Waals surface area contributed by atoms with E-state index in [1.807, 2.05) is 0 Å². The topological polar surface area (TPSA) is 98.1 Å². The van der Waals surface area contributed by atoms with Crippen molar-refractivity contribution in [1.82, 2.24) is 2.95 Å². The summed E-state index contributed by atoms with van der Waals surface area (Å²) in [5.41, 5.74) is 0. The van der Waals surface area contributed by atoms with Gasteiger partial charge in [0, 0.05) is 38.5 Å². The molecule has 14 heavy (non-hydrogen) atoms. The van der Waals surface area contributed by atoms with Gasteiger partial charge in [0.15, 0.2) is 0 Å². The maximum absolute atomic E-state index is 10.6. The first-order valence-corrected chi connectivity index (χ1v) is 6.84. The fourth-order valence-electron chi connectivity index (χ4n) is 0.795. The highest BCUT2D eigenvalue weighted by Crippen LogP contribution is 2.35. The Bertz CT molecular complexity index is 242. The number of carbonyl (C=O) groups is 1. The molecule has 0 aliphatic carbocycles. The van der Waals surface area contributed by atoms with Crippen LogP contribution in [-0.4, -0.2) is 36.0 Å². The van der Waals surface area contributed by atoms with Crippen molar-refractivity contribution in [2.24, 2.45) is 0 Å². The third kappa shape index (κ3) is 6.92. The summed E-state index contributed by atoms with van der Waals surface area (Å²) in [6.07, 6.45) is -0.00346. The minimum absolute atomic E-state index is 0.148. The molecule has 0 heterocycles. The average Bonchev–Trinajstić information content (AvgIpc) is 1.94. The SMILES string of the molecule is O=C(O)C(CCCP(=O)(O)O)N(Br)Br. The molecular formula is C5H10Br2NO5P. The highest BCUT2D eigenvalue weighted by molar-refractivity contribution is 9.21. The molecular weight excluding hydrogens is 345 g/mol. The monoisotopic (exact) mass is 353 g/mol. The summed E-state index contributed by atoms with van der Waals surface area (Å²) in [6.45, 7) is 0. The van der Waals surface area contributed by atoms with Crippen LogP contribution in [0.1, 0.15) is 12.8 Å². The fourth-order valence-corrected chi connectivity index (χ4v) is 2.15. The highest BCUT2D eigenvalue weighted by Gasteiger charge is 2.23. The molecule has 9 heteroatoms. The molecule has 0 fully saturated rings. The molecule has 84 valence electrons. The third-order valence-electron chi connectivity index (χ3n) is 1.45. The Kier molecular flexibility index (Phi) is 6.43. The van der Waals surface area contributed by atoms with E-state index in [-0.39, 0.29) is 19.0 Å². The van der Waals surface area contributed by atoms with Crippen LogP contribution in [0.5, 0.6) is 0 Å². The number of hydrogen-bond donors (Lipinski definition) is 3. The second-order valence-corrected chi connectivity index (χ2v) is 6.90. The Balaban J connectivity index is 3.97. The predicted octanol–water partition coefficient (Wildman–Crippen LogP) is 1.32. The first-order valence-electron chi connectivity index (χ1n) is 3.62. The lowest BCUT2D eigenvalue weighted by Crippen LogP contribution is -2.28. The van der Waals surface area contributed by atoms with Crippen molar-refractivity contribution in [2.75, 3.05) is 6.16 Å². The molecule has 0 radical (unpaired) electrons. The number of halogens is 2. The molecule has 0 aliphatic rings. The van der Waals surface area contributed by atoms with E-state index in [9.17, 15) is 9.36 Å². The number of carboxylic acid groups (broad SMARTS) is 1. The molecule has 0 amide bonds. The summed E-state index contributed by atoms with van der Waals surface area (Å²) in [5, 5.41) is 8.68. The van der Waals surface area contributed by atoms with E-state index < -0.39 is 19.6 Å². The van der Waals surface area contributed by atoms with Gasteiger partial charge in [0.2, 0.25) is 0 Å². The van der Waals surface area contributed by atoms with E-state index in [0.29, 0.717) is 0 Å². The first-order chi connectivity index (χ1) is 6.24. The zero-order valence-corrected chi connectivity index (χ0v) is 11.1. The van der Waals surface area contributed by atoms with Gasteiger partial charge >= 0.3 is 13.6 Å². The molecule has 0 rings (SSSR count). The van der Waals surface area contributed by atoms with E-state index >= 15 is 0 Å². The van der Waals surface area contributed by atoms with E-state index in [2.05, 4.69) is 32.3 Å². The Hall–Kier alpha value is 0.540. The minimum atomic E-state index is -4.02. The summed E-state index contributed by atoms with van der Waals surface area (Å²) in [5.74, 6) is -1.07. The summed E-state index contributed by atoms with van der Waals surface area (Å²) >= 11 is 5.79. The van der Waals surface area contributed by atoms with Gasteiger partial charge in [-0.15, -0.1) is 0 Å². The van der Waals surface area contributed by atoms with Crippen LogP contribution >= 0.6 is 39.9 Å². The van der Waals surface area contributed by atoms with Gasteiger partial charge in [0.25, 0.3) is 0 Å². The van der Waals surface area contributed by atoms with Crippen molar-refractivity contribution in [3.05, 3.63) is 0 Å². The normalized spacial score (nSPS) is 14.4. The molecule has 3 N–H and O–H groups in total. The van der Waals surface area contributed by atoms with Crippen molar-refractivity contribution in [2.45, 2.75) is 18.9 Å². The van der Waals surface area contributed by atoms with Crippen LogP contribution in [0.15, 0.2) is 0 Å². The minimum Gasteiger partial charge on any atom is -0.480 e. The smallest absolute Gasteiger partial charge is 0.325 e. The molecule has 0 spiro atoms. The van der Waals surface area contributed by atoms with Gasteiger partial charge in [-0.3, -0.25) is 9.36 Å². The summed E-state index contributed by atoms with van der Waals surface area (Å²) < 4.78 is 11.6. The van der Waals surface area contributed by atoms with Crippen molar-refractivity contribution in [3.8, 4) is 0 Å². The van der Waals surface area contributed by atoms with Gasteiger partial charge in [-0.2, -0.15) is 2.95 Å². The summed E-state index contributed by atoms with van der Waals surface area (Å²) in [6, 6.07) is -0.846. The average molecular weight is 355 g/mol. The van der Waals surface area contributed by atoms with Crippen LogP contribution in [0.3, 0.4) is 0 Å². The molecule has 1 atom stereocenters. The molecule has 0 aromatic rings. The quantitative estimate of drug-likeness (QED) is 0.491. The molecule has 0 bridgehead atoms. The van der Waals surface area contributed by atoms with Crippen LogP contribution in [-0.2, 0) is 9.36 Å². The lowest BCUT2D eigenvalue weighted by atomic mass is 10.2. The maximum Gasteiger partial charge on any atom is 0.325 e. The van der Waals surface area contributed by atoms with Gasteiger partial charge < -0.3 is 14.9 Å². The molecule has 0 saturated carbocycles. The summed E-state index contributed by atoms with van der Waals surface area (Å²) in [7, 11) is -4.02. The van der Waals surface area contributed by atoms with Crippen LogP contribution < -0.4 is 0 Å². The van der Waals surface area contributed by atoms with E-state index in [4.69, 9.17) is 14.9 Å². The molecule has 1 unspecified atom stereocenters. The Morgan fingerprint density at radius 2 is 1.93 bits per heavy atom. The van der Waals surface area contributed by atoms with Gasteiger partial charge in [0.05, 0.1) is 0 Å².